The summed E-state index contributed by atoms with van der Waals surface area (Å²) in [6, 6.07) is 0. The summed E-state index contributed by atoms with van der Waals surface area (Å²) in [5, 5.41) is 10.6. The first kappa shape index (κ1) is 14.1. The van der Waals surface area contributed by atoms with Gasteiger partial charge in [0, 0.05) is 16.8 Å². The zero-order chi connectivity index (χ0) is 11.4. The highest BCUT2D eigenvalue weighted by Crippen LogP contribution is 2.29. The van der Waals surface area contributed by atoms with E-state index in [0.717, 1.165) is 16.8 Å². The maximum absolute atomic E-state index is 3.58. The van der Waals surface area contributed by atoms with Crippen LogP contribution in [0.4, 0.5) is 0 Å². The highest BCUT2D eigenvalue weighted by Gasteiger charge is 2.38. The van der Waals surface area contributed by atoms with Gasteiger partial charge in [0.25, 0.3) is 0 Å². The third kappa shape index (κ3) is 3.35. The summed E-state index contributed by atoms with van der Waals surface area (Å²) in [5.41, 5.74) is 0. The van der Waals surface area contributed by atoms with Gasteiger partial charge in [-0.25, -0.2) is 0 Å². The van der Waals surface area contributed by atoms with Crippen LogP contribution in [0.1, 0.15) is 27.7 Å². The molecule has 0 bridgehead atoms. The lowest BCUT2D eigenvalue weighted by molar-refractivity contribution is 0.162. The number of nitrogens with one attached hydrogen (secondary N) is 3. The fourth-order valence-electron chi connectivity index (χ4n) is 1.67. The molecule has 0 rings (SSSR count). The molecule has 0 aliphatic heterocycles. The molecule has 14 heavy (non-hydrogen) atoms. The maximum atomic E-state index is 3.58. The van der Waals surface area contributed by atoms with Crippen molar-refractivity contribution in [1.82, 2.24) is 16.0 Å². The van der Waals surface area contributed by atoms with Gasteiger partial charge < -0.3 is 0 Å². The standard InChI is InChI=1S/C10H27N3Si/c1-8(2)7-13-10(11-5,12-6)9(3,4)14/h8,11-13H,7H2,1-6,14H3. The molecule has 0 aromatic rings. The van der Waals surface area contributed by atoms with E-state index in [4.69, 9.17) is 0 Å². The topological polar surface area (TPSA) is 36.1 Å². The summed E-state index contributed by atoms with van der Waals surface area (Å²) in [5.74, 6) is 0.531. The molecule has 0 unspecified atom stereocenters. The third-order valence-electron chi connectivity index (χ3n) is 2.65. The minimum Gasteiger partial charge on any atom is -0.290 e. The van der Waals surface area contributed by atoms with Crippen molar-refractivity contribution in [3.8, 4) is 0 Å². The van der Waals surface area contributed by atoms with E-state index >= 15 is 0 Å². The number of rotatable bonds is 6. The number of hydrogen-bond acceptors (Lipinski definition) is 3. The van der Waals surface area contributed by atoms with E-state index in [1.54, 1.807) is 0 Å². The van der Waals surface area contributed by atoms with E-state index in [-0.39, 0.29) is 10.8 Å². The first-order valence-corrected chi connectivity index (χ1v) is 6.42. The Labute approximate surface area is 91.8 Å². The SMILES string of the molecule is CNC(NC)(NCC(C)C)C(C)(C)[SiH3]. The van der Waals surface area contributed by atoms with Gasteiger partial charge in [-0.1, -0.05) is 27.7 Å². The summed E-state index contributed by atoms with van der Waals surface area (Å²) < 4.78 is 0. The van der Waals surface area contributed by atoms with Crippen molar-refractivity contribution >= 4 is 10.2 Å². The number of hydrogen-bond donors (Lipinski definition) is 3. The Morgan fingerprint density at radius 3 is 1.79 bits per heavy atom. The van der Waals surface area contributed by atoms with Crippen molar-refractivity contribution in [1.29, 1.82) is 0 Å². The van der Waals surface area contributed by atoms with Crippen molar-refractivity contribution in [2.24, 2.45) is 5.92 Å². The first-order valence-electron chi connectivity index (χ1n) is 5.42. The molecule has 0 saturated carbocycles. The molecule has 0 aromatic carbocycles. The lowest BCUT2D eigenvalue weighted by Crippen LogP contribution is -2.70. The Balaban J connectivity index is 4.55. The molecule has 3 nitrogen and oxygen atoms in total. The van der Waals surface area contributed by atoms with Crippen LogP contribution in [-0.4, -0.2) is 36.7 Å². The van der Waals surface area contributed by atoms with Crippen LogP contribution in [0.15, 0.2) is 0 Å². The van der Waals surface area contributed by atoms with Gasteiger partial charge in [-0.2, -0.15) is 0 Å². The van der Waals surface area contributed by atoms with E-state index in [2.05, 4.69) is 43.6 Å². The molecule has 0 saturated heterocycles. The van der Waals surface area contributed by atoms with E-state index in [9.17, 15) is 0 Å². The van der Waals surface area contributed by atoms with Gasteiger partial charge in [-0.15, -0.1) is 0 Å². The molecule has 0 aliphatic rings. The molecule has 0 radical (unpaired) electrons. The monoisotopic (exact) mass is 217 g/mol. The Kier molecular flexibility index (Phi) is 5.29. The van der Waals surface area contributed by atoms with Gasteiger partial charge in [0.1, 0.15) is 5.79 Å². The average Bonchev–Trinajstić information content (AvgIpc) is 2.04. The molecule has 0 aromatic heterocycles. The van der Waals surface area contributed by atoms with Crippen molar-refractivity contribution in [3.05, 3.63) is 0 Å². The lowest BCUT2D eigenvalue weighted by Gasteiger charge is -2.45. The van der Waals surface area contributed by atoms with Gasteiger partial charge in [0.05, 0.1) is 0 Å². The smallest absolute Gasteiger partial charge is 0.124 e. The van der Waals surface area contributed by atoms with Crippen LogP contribution in [0.3, 0.4) is 0 Å². The van der Waals surface area contributed by atoms with Crippen LogP contribution in [0.2, 0.25) is 5.04 Å². The van der Waals surface area contributed by atoms with Gasteiger partial charge in [0.15, 0.2) is 0 Å². The molecule has 0 aliphatic carbocycles. The third-order valence-corrected chi connectivity index (χ3v) is 3.40. The fourth-order valence-corrected chi connectivity index (χ4v) is 2.35. The predicted octanol–water partition coefficient (Wildman–Crippen LogP) is -0.112. The van der Waals surface area contributed by atoms with E-state index in [0.29, 0.717) is 5.92 Å². The highest BCUT2D eigenvalue weighted by molar-refractivity contribution is 6.15. The summed E-state index contributed by atoms with van der Waals surface area (Å²) >= 11 is 0. The van der Waals surface area contributed by atoms with Crippen LogP contribution < -0.4 is 16.0 Å². The van der Waals surface area contributed by atoms with Gasteiger partial charge in [0.2, 0.25) is 0 Å². The van der Waals surface area contributed by atoms with E-state index in [1.807, 2.05) is 14.1 Å². The molecule has 0 amide bonds. The van der Waals surface area contributed by atoms with Crippen LogP contribution >= 0.6 is 0 Å². The average molecular weight is 217 g/mol. The van der Waals surface area contributed by atoms with E-state index < -0.39 is 0 Å². The highest BCUT2D eigenvalue weighted by atomic mass is 28.1. The quantitative estimate of drug-likeness (QED) is 0.429. The van der Waals surface area contributed by atoms with Gasteiger partial charge >= 0.3 is 0 Å². The molecule has 0 fully saturated rings. The minimum atomic E-state index is -0.135. The van der Waals surface area contributed by atoms with Crippen molar-refractivity contribution in [2.75, 3.05) is 20.6 Å². The summed E-state index contributed by atoms with van der Waals surface area (Å²) in [6.45, 7) is 10.0. The molecule has 86 valence electrons. The molecule has 4 heteroatoms. The second-order valence-corrected chi connectivity index (χ2v) is 7.77. The summed E-state index contributed by atoms with van der Waals surface area (Å²) in [6.07, 6.45) is 0. The van der Waals surface area contributed by atoms with Gasteiger partial charge in [-0.05, 0) is 25.1 Å². The Bertz CT molecular complexity index is 159. The van der Waals surface area contributed by atoms with E-state index in [1.165, 1.54) is 0 Å². The lowest BCUT2D eigenvalue weighted by atomic mass is 10.0. The molecular weight excluding hydrogens is 190 g/mol. The molecule has 3 N–H and O–H groups in total. The Morgan fingerprint density at radius 2 is 1.57 bits per heavy atom. The van der Waals surface area contributed by atoms with Crippen LogP contribution in [0.25, 0.3) is 0 Å². The second kappa shape index (κ2) is 5.26. The predicted molar refractivity (Wildman–Crippen MR) is 67.7 cm³/mol. The first-order chi connectivity index (χ1) is 6.29. The zero-order valence-electron chi connectivity index (χ0n) is 10.8. The normalized spacial score (nSPS) is 13.9. The summed E-state index contributed by atoms with van der Waals surface area (Å²) in [4.78, 5) is 0. The van der Waals surface area contributed by atoms with Crippen LogP contribution in [0.5, 0.6) is 0 Å². The Hall–Kier alpha value is 0.0969. The van der Waals surface area contributed by atoms with Crippen molar-refractivity contribution in [2.45, 2.75) is 38.5 Å². The van der Waals surface area contributed by atoms with Crippen LogP contribution in [-0.2, 0) is 0 Å². The fraction of sp³-hybridized carbons (Fsp3) is 1.00. The molecule has 0 atom stereocenters. The summed E-state index contributed by atoms with van der Waals surface area (Å²) in [7, 11) is 5.13. The van der Waals surface area contributed by atoms with Crippen molar-refractivity contribution in [3.63, 3.8) is 0 Å². The minimum absolute atomic E-state index is 0.135. The molecule has 0 heterocycles. The second-order valence-electron chi connectivity index (χ2n) is 5.27. The van der Waals surface area contributed by atoms with Crippen LogP contribution in [0, 0.1) is 5.92 Å². The maximum Gasteiger partial charge on any atom is 0.124 e. The zero-order valence-corrected chi connectivity index (χ0v) is 12.8. The molecular formula is C10H27N3Si. The van der Waals surface area contributed by atoms with Crippen molar-refractivity contribution < 1.29 is 0 Å². The molecule has 0 spiro atoms. The largest absolute Gasteiger partial charge is 0.290 e. The van der Waals surface area contributed by atoms with Gasteiger partial charge in [-0.3, -0.25) is 16.0 Å². The Morgan fingerprint density at radius 1 is 1.14 bits per heavy atom.